The molecule has 0 aliphatic heterocycles. The molecule has 0 aliphatic carbocycles. The highest BCUT2D eigenvalue weighted by Gasteiger charge is 2.26. The number of amides is 1. The van der Waals surface area contributed by atoms with Crippen LogP contribution in [0.2, 0.25) is 5.02 Å². The SMILES string of the molecule is CC(CO)(CO)NC(=O)c1sccc1Cl. The normalized spacial score (nSPS) is 11.5. The van der Waals surface area contributed by atoms with Gasteiger partial charge < -0.3 is 15.5 Å². The van der Waals surface area contributed by atoms with E-state index in [0.29, 0.717) is 9.90 Å². The highest BCUT2D eigenvalue weighted by molar-refractivity contribution is 7.12. The second-order valence-corrected chi connectivity index (χ2v) is 4.75. The highest BCUT2D eigenvalue weighted by atomic mass is 35.5. The van der Waals surface area contributed by atoms with Crippen molar-refractivity contribution in [1.82, 2.24) is 5.32 Å². The van der Waals surface area contributed by atoms with E-state index in [9.17, 15) is 4.79 Å². The molecular formula is C9H12ClNO3S. The van der Waals surface area contributed by atoms with Crippen molar-refractivity contribution in [3.63, 3.8) is 0 Å². The number of nitrogens with one attached hydrogen (secondary N) is 1. The molecule has 0 atom stereocenters. The Morgan fingerprint density at radius 1 is 1.60 bits per heavy atom. The molecule has 3 N–H and O–H groups in total. The second kappa shape index (κ2) is 4.94. The second-order valence-electron chi connectivity index (χ2n) is 3.43. The average molecular weight is 250 g/mol. The number of thiophene rings is 1. The summed E-state index contributed by atoms with van der Waals surface area (Å²) in [6.07, 6.45) is 0. The maximum Gasteiger partial charge on any atom is 0.263 e. The number of halogens is 1. The van der Waals surface area contributed by atoms with E-state index in [0.717, 1.165) is 0 Å². The van der Waals surface area contributed by atoms with Gasteiger partial charge in [-0.2, -0.15) is 0 Å². The summed E-state index contributed by atoms with van der Waals surface area (Å²) in [6.45, 7) is 0.878. The van der Waals surface area contributed by atoms with Crippen LogP contribution in [-0.2, 0) is 0 Å². The Labute approximate surface area is 96.5 Å². The predicted octanol–water partition coefficient (Wildman–Crippen LogP) is 0.875. The molecule has 15 heavy (non-hydrogen) atoms. The maximum atomic E-state index is 11.7. The van der Waals surface area contributed by atoms with Crippen molar-refractivity contribution in [3.05, 3.63) is 21.3 Å². The van der Waals surface area contributed by atoms with Gasteiger partial charge >= 0.3 is 0 Å². The van der Waals surface area contributed by atoms with Crippen LogP contribution in [0.15, 0.2) is 11.4 Å². The van der Waals surface area contributed by atoms with Gasteiger partial charge in [-0.15, -0.1) is 11.3 Å². The number of hydrogen-bond donors (Lipinski definition) is 3. The lowest BCUT2D eigenvalue weighted by Crippen LogP contribution is -2.51. The molecule has 0 bridgehead atoms. The topological polar surface area (TPSA) is 69.6 Å². The van der Waals surface area contributed by atoms with E-state index in [2.05, 4.69) is 5.32 Å². The predicted molar refractivity (Wildman–Crippen MR) is 59.4 cm³/mol. The average Bonchev–Trinajstić information content (AvgIpc) is 2.64. The smallest absolute Gasteiger partial charge is 0.263 e. The minimum Gasteiger partial charge on any atom is -0.394 e. The summed E-state index contributed by atoms with van der Waals surface area (Å²) in [7, 11) is 0. The molecule has 1 rings (SSSR count). The number of aliphatic hydroxyl groups is 2. The minimum absolute atomic E-state index is 0.335. The van der Waals surface area contributed by atoms with Gasteiger partial charge in [-0.3, -0.25) is 4.79 Å². The molecular weight excluding hydrogens is 238 g/mol. The van der Waals surface area contributed by atoms with Gasteiger partial charge in [-0.25, -0.2) is 0 Å². The van der Waals surface area contributed by atoms with Gasteiger partial charge in [-0.05, 0) is 18.4 Å². The van der Waals surface area contributed by atoms with Crippen LogP contribution in [0.3, 0.4) is 0 Å². The zero-order chi connectivity index (χ0) is 11.5. The fourth-order valence-electron chi connectivity index (χ4n) is 0.916. The summed E-state index contributed by atoms with van der Waals surface area (Å²) < 4.78 is 0. The molecule has 0 saturated carbocycles. The van der Waals surface area contributed by atoms with Gasteiger partial charge in [0.1, 0.15) is 4.88 Å². The van der Waals surface area contributed by atoms with Gasteiger partial charge in [0.25, 0.3) is 5.91 Å². The van der Waals surface area contributed by atoms with E-state index in [1.54, 1.807) is 18.4 Å². The van der Waals surface area contributed by atoms with Crippen molar-refractivity contribution in [2.24, 2.45) is 0 Å². The quantitative estimate of drug-likeness (QED) is 0.742. The molecule has 6 heteroatoms. The first-order chi connectivity index (χ1) is 7.02. The lowest BCUT2D eigenvalue weighted by Gasteiger charge is -2.25. The van der Waals surface area contributed by atoms with E-state index in [1.807, 2.05) is 0 Å². The molecule has 4 nitrogen and oxygen atoms in total. The van der Waals surface area contributed by atoms with Crippen molar-refractivity contribution < 1.29 is 15.0 Å². The molecule has 0 unspecified atom stereocenters. The Morgan fingerprint density at radius 3 is 2.60 bits per heavy atom. The Kier molecular flexibility index (Phi) is 4.10. The van der Waals surface area contributed by atoms with Crippen molar-refractivity contribution in [2.75, 3.05) is 13.2 Å². The van der Waals surface area contributed by atoms with Crippen LogP contribution >= 0.6 is 22.9 Å². The van der Waals surface area contributed by atoms with Gasteiger partial charge in [0.05, 0.1) is 23.8 Å². The number of rotatable bonds is 4. The third-order valence-corrected chi connectivity index (χ3v) is 3.28. The van der Waals surface area contributed by atoms with Crippen LogP contribution in [0, 0.1) is 0 Å². The van der Waals surface area contributed by atoms with Crippen LogP contribution in [-0.4, -0.2) is 34.9 Å². The summed E-state index contributed by atoms with van der Waals surface area (Å²) in [5.41, 5.74) is -1.02. The number of carbonyl (C=O) groups is 1. The minimum atomic E-state index is -1.02. The molecule has 0 saturated heterocycles. The Hall–Kier alpha value is -0.620. The highest BCUT2D eigenvalue weighted by Crippen LogP contribution is 2.22. The van der Waals surface area contributed by atoms with Crippen LogP contribution < -0.4 is 5.32 Å². The van der Waals surface area contributed by atoms with Crippen molar-refractivity contribution >= 4 is 28.8 Å². The largest absolute Gasteiger partial charge is 0.394 e. The molecule has 0 spiro atoms. The molecule has 0 aliphatic rings. The monoisotopic (exact) mass is 249 g/mol. The van der Waals surface area contributed by atoms with Gasteiger partial charge in [0.15, 0.2) is 0 Å². The lowest BCUT2D eigenvalue weighted by atomic mass is 10.1. The third kappa shape index (κ3) is 2.92. The van der Waals surface area contributed by atoms with Crippen LogP contribution in [0.5, 0.6) is 0 Å². The first kappa shape index (κ1) is 12.4. The van der Waals surface area contributed by atoms with E-state index in [1.165, 1.54) is 11.3 Å². The van der Waals surface area contributed by atoms with Crippen molar-refractivity contribution in [2.45, 2.75) is 12.5 Å². The van der Waals surface area contributed by atoms with Gasteiger partial charge in [0, 0.05) is 0 Å². The molecule has 0 aromatic carbocycles. The molecule has 1 heterocycles. The zero-order valence-electron chi connectivity index (χ0n) is 8.16. The third-order valence-electron chi connectivity index (χ3n) is 1.94. The number of hydrogen-bond acceptors (Lipinski definition) is 4. The van der Waals surface area contributed by atoms with Crippen molar-refractivity contribution in [3.8, 4) is 0 Å². The van der Waals surface area contributed by atoms with Gasteiger partial charge in [0.2, 0.25) is 0 Å². The first-order valence-electron chi connectivity index (χ1n) is 4.29. The molecule has 1 amide bonds. The van der Waals surface area contributed by atoms with Crippen LogP contribution in [0.25, 0.3) is 0 Å². The Bertz CT molecular complexity index is 349. The standard InChI is InChI=1S/C9H12ClNO3S/c1-9(4-12,5-13)11-8(14)7-6(10)2-3-15-7/h2-3,12-13H,4-5H2,1H3,(H,11,14). The molecule has 0 radical (unpaired) electrons. The van der Waals surface area contributed by atoms with Gasteiger partial charge in [-0.1, -0.05) is 11.6 Å². The zero-order valence-corrected chi connectivity index (χ0v) is 9.73. The van der Waals surface area contributed by atoms with E-state index >= 15 is 0 Å². The van der Waals surface area contributed by atoms with Crippen LogP contribution in [0.1, 0.15) is 16.6 Å². The summed E-state index contributed by atoms with van der Waals surface area (Å²) in [4.78, 5) is 12.0. The Balaban J connectivity index is 2.76. The van der Waals surface area contributed by atoms with E-state index in [-0.39, 0.29) is 19.1 Å². The fourth-order valence-corrected chi connectivity index (χ4v) is 1.95. The van der Waals surface area contributed by atoms with E-state index < -0.39 is 5.54 Å². The molecule has 1 aromatic heterocycles. The maximum absolute atomic E-state index is 11.7. The summed E-state index contributed by atoms with van der Waals surface area (Å²) in [5, 5.41) is 22.6. The summed E-state index contributed by atoms with van der Waals surface area (Å²) in [6, 6.07) is 1.62. The number of carbonyl (C=O) groups excluding carboxylic acids is 1. The molecule has 0 fully saturated rings. The van der Waals surface area contributed by atoms with E-state index in [4.69, 9.17) is 21.8 Å². The fraction of sp³-hybridized carbons (Fsp3) is 0.444. The first-order valence-corrected chi connectivity index (χ1v) is 5.55. The Morgan fingerprint density at radius 2 is 2.20 bits per heavy atom. The summed E-state index contributed by atoms with van der Waals surface area (Å²) in [5.74, 6) is -0.388. The summed E-state index contributed by atoms with van der Waals surface area (Å²) >= 11 is 6.99. The lowest BCUT2D eigenvalue weighted by molar-refractivity contribution is 0.0727. The molecule has 84 valence electrons. The number of aliphatic hydroxyl groups excluding tert-OH is 2. The van der Waals surface area contributed by atoms with Crippen molar-refractivity contribution in [1.29, 1.82) is 0 Å². The van der Waals surface area contributed by atoms with Crippen LogP contribution in [0.4, 0.5) is 0 Å². The molecule has 1 aromatic rings.